The van der Waals surface area contributed by atoms with Gasteiger partial charge in [0.15, 0.2) is 0 Å². The number of rotatable bonds is 3. The van der Waals surface area contributed by atoms with Crippen LogP contribution in [0, 0.1) is 24.7 Å². The van der Waals surface area contributed by atoms with Gasteiger partial charge >= 0.3 is 0 Å². The molecule has 2 aliphatic carbocycles. The number of nitrogens with two attached hydrogens (primary N) is 1. The van der Waals surface area contributed by atoms with E-state index in [2.05, 4.69) is 24.4 Å². The lowest BCUT2D eigenvalue weighted by atomic mass is 9.65. The molecule has 3 N–H and O–H groups in total. The van der Waals surface area contributed by atoms with Gasteiger partial charge in [-0.3, -0.25) is 4.79 Å². The van der Waals surface area contributed by atoms with Gasteiger partial charge in [-0.15, -0.1) is 0 Å². The van der Waals surface area contributed by atoms with Crippen LogP contribution in [0.1, 0.15) is 43.2 Å². The summed E-state index contributed by atoms with van der Waals surface area (Å²) in [6.45, 7) is 2.73. The maximum absolute atomic E-state index is 12.5. The molecule has 0 aliphatic heterocycles. The maximum Gasteiger partial charge on any atom is 0.223 e. The first-order valence-corrected chi connectivity index (χ1v) is 8.23. The summed E-state index contributed by atoms with van der Waals surface area (Å²) in [6.07, 6.45) is 5.67. The molecule has 0 aromatic heterocycles. The molecule has 3 rings (SSSR count). The monoisotopic (exact) mass is 286 g/mol. The summed E-state index contributed by atoms with van der Waals surface area (Å²) in [5, 5.41) is 3.13. The Labute approximate surface area is 127 Å². The molecule has 0 heterocycles. The smallest absolute Gasteiger partial charge is 0.223 e. The molecule has 2 aliphatic rings. The maximum atomic E-state index is 12.5. The van der Waals surface area contributed by atoms with Gasteiger partial charge in [0.05, 0.1) is 0 Å². The topological polar surface area (TPSA) is 55.1 Å². The molecule has 3 nitrogen and oxygen atoms in total. The summed E-state index contributed by atoms with van der Waals surface area (Å²) in [5.41, 5.74) is 8.74. The number of benzene rings is 1. The van der Waals surface area contributed by atoms with Crippen molar-refractivity contribution in [1.29, 1.82) is 0 Å². The van der Waals surface area contributed by atoms with E-state index in [9.17, 15) is 4.79 Å². The number of carbonyl (C=O) groups excluding carboxylic acids is 1. The molecule has 3 heteroatoms. The zero-order chi connectivity index (χ0) is 14.8. The number of fused-ring (bicyclic) bond motifs is 2. The van der Waals surface area contributed by atoms with Crippen molar-refractivity contribution >= 4 is 5.91 Å². The van der Waals surface area contributed by atoms with Crippen LogP contribution >= 0.6 is 0 Å². The minimum atomic E-state index is 0.170. The standard InChI is InChI=1S/C18H26N2O/c1-12-5-2-3-6-15(12)11-20-18(21)16-9-13-7-4-8-14(10-16)17(13)19/h2-3,5-6,13-14,16-17H,4,7-11,19H2,1H3,(H,20,21). The number of amides is 1. The highest BCUT2D eigenvalue weighted by Crippen LogP contribution is 2.41. The molecular weight excluding hydrogens is 260 g/mol. The summed E-state index contributed by atoms with van der Waals surface area (Å²) < 4.78 is 0. The van der Waals surface area contributed by atoms with Gasteiger partial charge in [-0.05, 0) is 55.6 Å². The zero-order valence-corrected chi connectivity index (χ0v) is 12.8. The Hall–Kier alpha value is -1.35. The molecular formula is C18H26N2O. The van der Waals surface area contributed by atoms with Crippen molar-refractivity contribution in [2.45, 2.75) is 51.6 Å². The van der Waals surface area contributed by atoms with Gasteiger partial charge in [0.2, 0.25) is 5.91 Å². The molecule has 1 aromatic rings. The number of hydrogen-bond donors (Lipinski definition) is 2. The van der Waals surface area contributed by atoms with Gasteiger partial charge in [-0.25, -0.2) is 0 Å². The molecule has 1 amide bonds. The van der Waals surface area contributed by atoms with Crippen molar-refractivity contribution in [3.8, 4) is 0 Å². The van der Waals surface area contributed by atoms with Gasteiger partial charge < -0.3 is 11.1 Å². The van der Waals surface area contributed by atoms with Crippen molar-refractivity contribution in [1.82, 2.24) is 5.32 Å². The lowest BCUT2D eigenvalue weighted by molar-refractivity contribution is -0.128. The van der Waals surface area contributed by atoms with Crippen molar-refractivity contribution < 1.29 is 4.79 Å². The summed E-state index contributed by atoms with van der Waals surface area (Å²) in [7, 11) is 0. The fraction of sp³-hybridized carbons (Fsp3) is 0.611. The third-order valence-corrected chi connectivity index (χ3v) is 5.50. The van der Waals surface area contributed by atoms with E-state index in [1.807, 2.05) is 12.1 Å². The SMILES string of the molecule is Cc1ccccc1CNC(=O)C1CC2CCCC(C1)C2N. The van der Waals surface area contributed by atoms with E-state index in [0.717, 1.165) is 12.8 Å². The summed E-state index contributed by atoms with van der Waals surface area (Å²) in [4.78, 5) is 12.5. The molecule has 114 valence electrons. The van der Waals surface area contributed by atoms with Crippen LogP contribution in [0.5, 0.6) is 0 Å². The average Bonchev–Trinajstić information content (AvgIpc) is 2.46. The second kappa shape index (κ2) is 6.18. The predicted molar refractivity (Wildman–Crippen MR) is 84.6 cm³/mol. The molecule has 0 spiro atoms. The molecule has 0 saturated heterocycles. The van der Waals surface area contributed by atoms with Crippen molar-refractivity contribution in [2.24, 2.45) is 23.5 Å². The van der Waals surface area contributed by atoms with Crippen molar-refractivity contribution in [2.75, 3.05) is 0 Å². The van der Waals surface area contributed by atoms with Crippen molar-refractivity contribution in [3.63, 3.8) is 0 Å². The van der Waals surface area contributed by atoms with Gasteiger partial charge in [-0.2, -0.15) is 0 Å². The summed E-state index contributed by atoms with van der Waals surface area (Å²) in [5.74, 6) is 1.52. The molecule has 1 aromatic carbocycles. The molecule has 2 atom stereocenters. The molecule has 2 unspecified atom stereocenters. The number of carbonyl (C=O) groups is 1. The lowest BCUT2D eigenvalue weighted by Gasteiger charge is -2.43. The van der Waals surface area contributed by atoms with E-state index in [1.54, 1.807) is 0 Å². The van der Waals surface area contributed by atoms with Crippen LogP contribution < -0.4 is 11.1 Å². The van der Waals surface area contributed by atoms with E-state index in [4.69, 9.17) is 5.73 Å². The van der Waals surface area contributed by atoms with E-state index in [-0.39, 0.29) is 11.8 Å². The second-order valence-electron chi connectivity index (χ2n) is 6.84. The third-order valence-electron chi connectivity index (χ3n) is 5.50. The Morgan fingerprint density at radius 2 is 1.90 bits per heavy atom. The number of nitrogens with one attached hydrogen (secondary N) is 1. The van der Waals surface area contributed by atoms with Gasteiger partial charge in [0, 0.05) is 18.5 Å². The Balaban J connectivity index is 1.58. The minimum absolute atomic E-state index is 0.170. The average molecular weight is 286 g/mol. The number of hydrogen-bond acceptors (Lipinski definition) is 2. The highest BCUT2D eigenvalue weighted by atomic mass is 16.1. The Kier molecular flexibility index (Phi) is 4.29. The molecule has 2 saturated carbocycles. The van der Waals surface area contributed by atoms with Crippen LogP contribution in [0.4, 0.5) is 0 Å². The first kappa shape index (κ1) is 14.6. The third kappa shape index (κ3) is 3.13. The Morgan fingerprint density at radius 1 is 1.24 bits per heavy atom. The van der Waals surface area contributed by atoms with Crippen LogP contribution in [0.15, 0.2) is 24.3 Å². The zero-order valence-electron chi connectivity index (χ0n) is 12.8. The van der Waals surface area contributed by atoms with Gasteiger partial charge in [0.25, 0.3) is 0 Å². The van der Waals surface area contributed by atoms with Crippen LogP contribution in [0.2, 0.25) is 0 Å². The van der Waals surface area contributed by atoms with Gasteiger partial charge in [0.1, 0.15) is 0 Å². The fourth-order valence-corrected chi connectivity index (χ4v) is 4.14. The lowest BCUT2D eigenvalue weighted by Crippen LogP contribution is -2.49. The first-order valence-electron chi connectivity index (χ1n) is 8.23. The summed E-state index contributed by atoms with van der Waals surface area (Å²) in [6, 6.07) is 8.56. The molecule has 21 heavy (non-hydrogen) atoms. The minimum Gasteiger partial charge on any atom is -0.352 e. The van der Waals surface area contributed by atoms with E-state index < -0.39 is 0 Å². The van der Waals surface area contributed by atoms with Crippen LogP contribution in [-0.2, 0) is 11.3 Å². The Morgan fingerprint density at radius 3 is 2.57 bits per heavy atom. The predicted octanol–water partition coefficient (Wildman–Crippen LogP) is 2.76. The van der Waals surface area contributed by atoms with Crippen LogP contribution in [0.3, 0.4) is 0 Å². The first-order chi connectivity index (χ1) is 10.1. The molecule has 2 fully saturated rings. The highest BCUT2D eigenvalue weighted by molar-refractivity contribution is 5.78. The van der Waals surface area contributed by atoms with E-state index in [1.165, 1.54) is 30.4 Å². The highest BCUT2D eigenvalue weighted by Gasteiger charge is 2.40. The van der Waals surface area contributed by atoms with Crippen molar-refractivity contribution in [3.05, 3.63) is 35.4 Å². The van der Waals surface area contributed by atoms with Crippen LogP contribution in [0.25, 0.3) is 0 Å². The largest absolute Gasteiger partial charge is 0.352 e. The van der Waals surface area contributed by atoms with Gasteiger partial charge in [-0.1, -0.05) is 30.7 Å². The van der Waals surface area contributed by atoms with E-state index in [0.29, 0.717) is 24.4 Å². The normalized spacial score (nSPS) is 31.7. The van der Waals surface area contributed by atoms with Crippen LogP contribution in [-0.4, -0.2) is 11.9 Å². The quantitative estimate of drug-likeness (QED) is 0.897. The summed E-state index contributed by atoms with van der Waals surface area (Å²) >= 11 is 0. The van der Waals surface area contributed by atoms with E-state index >= 15 is 0 Å². The molecule has 0 radical (unpaired) electrons. The number of aryl methyl sites for hydroxylation is 1. The molecule has 2 bridgehead atoms. The Bertz CT molecular complexity index is 500. The fourth-order valence-electron chi connectivity index (χ4n) is 4.14. The second-order valence-corrected chi connectivity index (χ2v) is 6.84.